The molecule has 2 fully saturated rings. The smallest absolute Gasteiger partial charge is 0.317 e. The largest absolute Gasteiger partial charge is 0.484 e. The van der Waals surface area contributed by atoms with Gasteiger partial charge in [0.05, 0.1) is 69.9 Å². The number of hydrogen-bond acceptors (Lipinski definition) is 22. The molecule has 4 aromatic rings. The number of hydrazine groups is 2. The number of nitrogens with zero attached hydrogens (tertiary/aromatic N) is 8. The van der Waals surface area contributed by atoms with Gasteiger partial charge in [0.2, 0.25) is 11.8 Å². The summed E-state index contributed by atoms with van der Waals surface area (Å²) in [6.07, 6.45) is 0. The summed E-state index contributed by atoms with van der Waals surface area (Å²) in [5.41, 5.74) is 13.8. The van der Waals surface area contributed by atoms with Crippen LogP contribution in [0.4, 0.5) is 0 Å². The van der Waals surface area contributed by atoms with Crippen LogP contribution in [0.15, 0.2) is 97.1 Å². The van der Waals surface area contributed by atoms with Gasteiger partial charge < -0.3 is 50.7 Å². The summed E-state index contributed by atoms with van der Waals surface area (Å²) in [4.78, 5) is 162. The first-order chi connectivity index (χ1) is 48.3. The maximum Gasteiger partial charge on any atom is 0.317 e. The van der Waals surface area contributed by atoms with Crippen molar-refractivity contribution in [2.45, 2.75) is 31.3 Å². The number of ether oxygens (including phenoxy) is 2. The standard InChI is InChI=1S/C67H88N14O20/c1-45(80-31-27-76(39-61(90)91)23-19-74(37-59(86)87)20-24-77(28-32-80)40-62(92)93)65(98)68-35-55(82)70-72-57(84)43-100-49-15-11-47(12-16-49)67(53-9-5-3-7-51(53)52-8-4-6-10-54(52)67)48-13-17-50(18-14-48)101-44-58(85)73-71-56(83)36-69-66(99)46(2)81-33-29-78(41-63(94)95)25-21-75(38-60(88)89)22-26-79(30-34-81)42-64(96)97/h3-18,45-46H,19-44H2,1-2H3,(H,68,98)(H,69,99)(H,70,82)(H,71,83)(H,72,84)(H,73,85)(H,86,87)(H,88,89)(H,90,91)(H,92,93)(H,94,95)(H,96,97). The van der Waals surface area contributed by atoms with Crippen molar-refractivity contribution in [1.29, 1.82) is 0 Å². The third-order valence-electron chi connectivity index (χ3n) is 17.5. The van der Waals surface area contributed by atoms with Crippen molar-refractivity contribution >= 4 is 71.3 Å². The van der Waals surface area contributed by atoms with Gasteiger partial charge in [0.15, 0.2) is 13.2 Å². The van der Waals surface area contributed by atoms with Gasteiger partial charge in [0.25, 0.3) is 23.6 Å². The topological polar surface area (TPSA) is 443 Å². The molecule has 4 aromatic carbocycles. The molecule has 2 heterocycles. The summed E-state index contributed by atoms with van der Waals surface area (Å²) in [5.74, 6) is -10.1. The summed E-state index contributed by atoms with van der Waals surface area (Å²) < 4.78 is 11.7. The number of fused-ring (bicyclic) bond motifs is 3. The summed E-state index contributed by atoms with van der Waals surface area (Å²) in [5, 5.41) is 62.3. The van der Waals surface area contributed by atoms with Crippen LogP contribution in [-0.2, 0) is 62.9 Å². The average Bonchev–Trinajstić information content (AvgIpc) is 1.55. The molecule has 0 saturated carbocycles. The third-order valence-corrected chi connectivity index (χ3v) is 17.5. The molecule has 2 aliphatic heterocycles. The van der Waals surface area contributed by atoms with Crippen LogP contribution in [0.5, 0.6) is 11.5 Å². The zero-order valence-corrected chi connectivity index (χ0v) is 56.3. The van der Waals surface area contributed by atoms with E-state index in [0.29, 0.717) is 11.5 Å². The number of carbonyl (C=O) groups is 12. The second-order valence-corrected chi connectivity index (χ2v) is 24.5. The van der Waals surface area contributed by atoms with Crippen molar-refractivity contribution in [2.24, 2.45) is 0 Å². The number of carbonyl (C=O) groups excluding carboxylic acids is 6. The fraction of sp³-hybridized carbons (Fsp3) is 0.463. The Morgan fingerprint density at radius 3 is 0.871 bits per heavy atom. The van der Waals surface area contributed by atoms with Crippen LogP contribution in [0.3, 0.4) is 0 Å². The predicted molar refractivity (Wildman–Crippen MR) is 360 cm³/mol. The van der Waals surface area contributed by atoms with E-state index in [9.17, 15) is 88.2 Å². The number of amides is 6. The van der Waals surface area contributed by atoms with Crippen molar-refractivity contribution < 1.29 is 97.6 Å². The van der Waals surface area contributed by atoms with Crippen molar-refractivity contribution in [2.75, 3.05) is 170 Å². The highest BCUT2D eigenvalue weighted by Crippen LogP contribution is 2.56. The monoisotopic (exact) mass is 1410 g/mol. The van der Waals surface area contributed by atoms with Gasteiger partial charge in [-0.25, -0.2) is 0 Å². The second-order valence-electron chi connectivity index (χ2n) is 24.5. The minimum atomic E-state index is -1.10. The highest BCUT2D eigenvalue weighted by Gasteiger charge is 2.46. The highest BCUT2D eigenvalue weighted by molar-refractivity contribution is 5.90. The zero-order chi connectivity index (χ0) is 73.2. The van der Waals surface area contributed by atoms with E-state index in [1.54, 1.807) is 77.3 Å². The van der Waals surface area contributed by atoms with E-state index >= 15 is 0 Å². The Balaban J connectivity index is 0.905. The van der Waals surface area contributed by atoms with E-state index in [-0.39, 0.29) is 144 Å². The Labute approximate surface area is 582 Å². The summed E-state index contributed by atoms with van der Waals surface area (Å²) >= 11 is 0. The number of benzene rings is 4. The molecule has 34 heteroatoms. The first-order valence-corrected chi connectivity index (χ1v) is 32.8. The van der Waals surface area contributed by atoms with E-state index in [4.69, 9.17) is 9.47 Å². The van der Waals surface area contributed by atoms with Gasteiger partial charge in [-0.3, -0.25) is 118 Å². The number of rotatable bonds is 28. The second kappa shape index (κ2) is 38.4. The number of aliphatic carboxylic acids is 6. The summed E-state index contributed by atoms with van der Waals surface area (Å²) in [7, 11) is 0. The lowest BCUT2D eigenvalue weighted by Crippen LogP contribution is -2.54. The molecular weight excluding hydrogens is 1320 g/mol. The van der Waals surface area contributed by atoms with Gasteiger partial charge in [-0.1, -0.05) is 72.8 Å². The molecule has 101 heavy (non-hydrogen) atoms. The highest BCUT2D eigenvalue weighted by atomic mass is 16.5. The number of carboxylic acids is 6. The van der Waals surface area contributed by atoms with Crippen molar-refractivity contribution in [3.05, 3.63) is 119 Å². The fourth-order valence-electron chi connectivity index (χ4n) is 12.3. The third kappa shape index (κ3) is 24.0. The average molecular weight is 1410 g/mol. The number of carboxylic acid groups (broad SMARTS) is 6. The Morgan fingerprint density at radius 2 is 0.604 bits per heavy atom. The summed E-state index contributed by atoms with van der Waals surface area (Å²) in [6, 6.07) is 28.5. The van der Waals surface area contributed by atoms with Crippen LogP contribution in [0.1, 0.15) is 36.1 Å². The van der Waals surface area contributed by atoms with Gasteiger partial charge in [0.1, 0.15) is 11.5 Å². The van der Waals surface area contributed by atoms with Crippen LogP contribution < -0.4 is 41.8 Å². The van der Waals surface area contributed by atoms with Crippen LogP contribution in [0.2, 0.25) is 0 Å². The SMILES string of the molecule is CC(C(=O)NCC(=O)NNC(=O)COc1ccc(C2(c3ccc(OCC(=O)NNC(=O)CNC(=O)C(C)N4CCN(CC(=O)O)CCN(CC(=O)O)CCN(CC(=O)O)CC4)cc3)c3ccccc3-c3ccccc32)cc1)N1CCN(CC(=O)O)CCN(CC(=O)O)CCN(CC(=O)O)CC1. The molecule has 6 amide bonds. The quantitative estimate of drug-likeness (QED) is 0.0223. The lowest BCUT2D eigenvalue weighted by atomic mass is 9.68. The molecule has 2 unspecified atom stereocenters. The molecule has 546 valence electrons. The van der Waals surface area contributed by atoms with E-state index in [2.05, 4.69) is 32.3 Å². The van der Waals surface area contributed by atoms with Gasteiger partial charge in [0, 0.05) is 105 Å². The van der Waals surface area contributed by atoms with E-state index in [1.807, 2.05) is 72.8 Å². The van der Waals surface area contributed by atoms with E-state index in [0.717, 1.165) is 33.4 Å². The Morgan fingerprint density at radius 1 is 0.356 bits per heavy atom. The molecule has 0 aromatic heterocycles. The van der Waals surface area contributed by atoms with Crippen molar-refractivity contribution in [1.82, 2.24) is 71.5 Å². The van der Waals surface area contributed by atoms with Gasteiger partial charge in [-0.05, 0) is 71.5 Å². The lowest BCUT2D eigenvalue weighted by Gasteiger charge is -2.35. The lowest BCUT2D eigenvalue weighted by molar-refractivity contribution is -0.141. The normalized spacial score (nSPS) is 17.2. The molecule has 0 spiro atoms. The van der Waals surface area contributed by atoms with E-state index in [1.165, 1.54) is 0 Å². The molecular formula is C67H88N14O20. The molecule has 2 saturated heterocycles. The maximum atomic E-state index is 13.5. The predicted octanol–water partition coefficient (Wildman–Crippen LogP) is -2.94. The molecule has 12 N–H and O–H groups in total. The fourth-order valence-corrected chi connectivity index (χ4v) is 12.3. The molecule has 0 radical (unpaired) electrons. The Bertz CT molecular complexity index is 3270. The van der Waals surface area contributed by atoms with Crippen molar-refractivity contribution in [3.63, 3.8) is 0 Å². The molecule has 3 aliphatic rings. The zero-order valence-electron chi connectivity index (χ0n) is 56.3. The minimum absolute atomic E-state index is 0.173. The van der Waals surface area contributed by atoms with E-state index < -0.39 is 115 Å². The van der Waals surface area contributed by atoms with Crippen LogP contribution in [0.25, 0.3) is 11.1 Å². The molecule has 7 rings (SSSR count). The molecule has 0 bridgehead atoms. The maximum absolute atomic E-state index is 13.5. The molecule has 1 aliphatic carbocycles. The van der Waals surface area contributed by atoms with Gasteiger partial charge >= 0.3 is 35.8 Å². The minimum Gasteiger partial charge on any atom is -0.484 e. The van der Waals surface area contributed by atoms with Gasteiger partial charge in [-0.2, -0.15) is 0 Å². The number of nitrogens with one attached hydrogen (secondary N) is 6. The summed E-state index contributed by atoms with van der Waals surface area (Å²) in [6.45, 7) is 1.96. The first-order valence-electron chi connectivity index (χ1n) is 32.8. The molecule has 34 nitrogen and oxygen atoms in total. The Hall–Kier alpha value is -10.2. The van der Waals surface area contributed by atoms with Crippen LogP contribution in [0, 0.1) is 0 Å². The molecule has 2 atom stereocenters. The van der Waals surface area contributed by atoms with Crippen LogP contribution >= 0.6 is 0 Å². The van der Waals surface area contributed by atoms with Crippen molar-refractivity contribution in [3.8, 4) is 22.6 Å². The van der Waals surface area contributed by atoms with Crippen LogP contribution in [-0.4, -0.2) is 323 Å². The first kappa shape index (κ1) is 78.1. The Kier molecular flexibility index (Phi) is 29.7. The van der Waals surface area contributed by atoms with Gasteiger partial charge in [-0.15, -0.1) is 0 Å². The number of hydrogen-bond donors (Lipinski definition) is 12.